The highest BCUT2D eigenvalue weighted by molar-refractivity contribution is 7.80. The molecule has 4 rings (SSSR count). The van der Waals surface area contributed by atoms with E-state index in [0.717, 1.165) is 16.0 Å². The molecule has 1 spiro atoms. The lowest BCUT2D eigenvalue weighted by Gasteiger charge is -2.25. The van der Waals surface area contributed by atoms with Gasteiger partial charge in [-0.3, -0.25) is 0 Å². The molecule has 96 valence electrons. The maximum atomic E-state index is 6.01. The minimum absolute atomic E-state index is 0.629. The smallest absolute Gasteiger partial charge is 0.223 e. The first-order valence-corrected chi connectivity index (χ1v) is 6.88. The van der Waals surface area contributed by atoms with Crippen LogP contribution in [0.15, 0.2) is 41.3 Å². The Bertz CT molecular complexity index is 619. The van der Waals surface area contributed by atoms with E-state index >= 15 is 0 Å². The molecule has 0 radical (unpaired) electrons. The van der Waals surface area contributed by atoms with Crippen LogP contribution in [0.5, 0.6) is 0 Å². The maximum absolute atomic E-state index is 6.01. The van der Waals surface area contributed by atoms with Crippen molar-refractivity contribution in [3.63, 3.8) is 0 Å². The number of fused-ring (bicyclic) bond motifs is 5. The molecule has 0 aromatic heterocycles. The highest BCUT2D eigenvalue weighted by atomic mass is 32.1. The molecule has 0 atom stereocenters. The predicted octanol–water partition coefficient (Wildman–Crippen LogP) is 3.51. The molecule has 0 N–H and O–H groups in total. The molecule has 2 aromatic rings. The molecule has 0 saturated carbocycles. The highest BCUT2D eigenvalue weighted by Crippen LogP contribution is 2.52. The third kappa shape index (κ3) is 1.46. The predicted molar refractivity (Wildman–Crippen MR) is 76.6 cm³/mol. The SMILES string of the molecule is Cc1ccc2c(c1)C1(OCCO1)c1cc(S)ccc1-2. The largest absolute Gasteiger partial charge is 0.340 e. The van der Waals surface area contributed by atoms with Crippen molar-refractivity contribution in [3.8, 4) is 11.1 Å². The molecular formula is C16H14O2S. The van der Waals surface area contributed by atoms with Crippen molar-refractivity contribution in [3.05, 3.63) is 53.1 Å². The average Bonchev–Trinajstić information content (AvgIpc) is 2.97. The molecule has 1 aliphatic carbocycles. The van der Waals surface area contributed by atoms with E-state index in [1.807, 2.05) is 6.07 Å². The molecule has 2 aromatic carbocycles. The summed E-state index contributed by atoms with van der Waals surface area (Å²) in [4.78, 5) is 0.932. The minimum atomic E-state index is -0.713. The van der Waals surface area contributed by atoms with Gasteiger partial charge >= 0.3 is 0 Å². The van der Waals surface area contributed by atoms with Gasteiger partial charge < -0.3 is 9.47 Å². The first-order chi connectivity index (χ1) is 9.21. The Kier molecular flexibility index (Phi) is 2.34. The van der Waals surface area contributed by atoms with Gasteiger partial charge in [0.2, 0.25) is 5.79 Å². The van der Waals surface area contributed by atoms with Crippen LogP contribution in [0.25, 0.3) is 11.1 Å². The third-order valence-corrected chi connectivity index (χ3v) is 4.15. The molecule has 1 saturated heterocycles. The summed E-state index contributed by atoms with van der Waals surface area (Å²) < 4.78 is 12.0. The zero-order valence-corrected chi connectivity index (χ0v) is 11.5. The topological polar surface area (TPSA) is 18.5 Å². The van der Waals surface area contributed by atoms with Crippen LogP contribution < -0.4 is 0 Å². The number of thiol groups is 1. The molecule has 0 unspecified atom stereocenters. The average molecular weight is 270 g/mol. The fourth-order valence-electron chi connectivity index (χ4n) is 3.07. The van der Waals surface area contributed by atoms with E-state index in [2.05, 4.69) is 49.9 Å². The number of hydrogen-bond acceptors (Lipinski definition) is 3. The van der Waals surface area contributed by atoms with Crippen LogP contribution in [0, 0.1) is 6.92 Å². The first kappa shape index (κ1) is 11.5. The maximum Gasteiger partial charge on any atom is 0.223 e. The van der Waals surface area contributed by atoms with E-state index in [0.29, 0.717) is 13.2 Å². The third-order valence-electron chi connectivity index (χ3n) is 3.87. The molecule has 1 aliphatic heterocycles. The molecule has 0 bridgehead atoms. The molecule has 0 amide bonds. The Labute approximate surface area is 117 Å². The summed E-state index contributed by atoms with van der Waals surface area (Å²) >= 11 is 4.45. The summed E-state index contributed by atoms with van der Waals surface area (Å²) in [6.45, 7) is 3.35. The van der Waals surface area contributed by atoms with Crippen molar-refractivity contribution in [1.82, 2.24) is 0 Å². The zero-order chi connectivity index (χ0) is 13.0. The molecule has 2 aliphatic rings. The lowest BCUT2D eigenvalue weighted by Crippen LogP contribution is -2.25. The quantitative estimate of drug-likeness (QED) is 0.738. The van der Waals surface area contributed by atoms with Gasteiger partial charge in [-0.05, 0) is 36.2 Å². The Balaban J connectivity index is 2.07. The summed E-state index contributed by atoms with van der Waals surface area (Å²) in [5.74, 6) is -0.713. The van der Waals surface area contributed by atoms with Crippen molar-refractivity contribution in [2.45, 2.75) is 17.6 Å². The monoisotopic (exact) mass is 270 g/mol. The van der Waals surface area contributed by atoms with Gasteiger partial charge in [-0.25, -0.2) is 0 Å². The van der Waals surface area contributed by atoms with Crippen LogP contribution in [0.3, 0.4) is 0 Å². The van der Waals surface area contributed by atoms with Crippen LogP contribution >= 0.6 is 12.6 Å². The van der Waals surface area contributed by atoms with Gasteiger partial charge in [0.15, 0.2) is 0 Å². The second kappa shape index (κ2) is 3.85. The van der Waals surface area contributed by atoms with E-state index in [4.69, 9.17) is 9.47 Å². The van der Waals surface area contributed by atoms with Gasteiger partial charge in [0.1, 0.15) is 0 Å². The van der Waals surface area contributed by atoms with Gasteiger partial charge in [-0.15, -0.1) is 12.6 Å². The normalized spacial score (nSPS) is 18.6. The number of hydrogen-bond donors (Lipinski definition) is 1. The van der Waals surface area contributed by atoms with Gasteiger partial charge in [-0.1, -0.05) is 23.8 Å². The summed E-state index contributed by atoms with van der Waals surface area (Å²) in [5, 5.41) is 0. The highest BCUT2D eigenvalue weighted by Gasteiger charge is 2.48. The Morgan fingerprint density at radius 1 is 0.947 bits per heavy atom. The van der Waals surface area contributed by atoms with E-state index in [-0.39, 0.29) is 0 Å². The second-order valence-electron chi connectivity index (χ2n) is 5.09. The summed E-state index contributed by atoms with van der Waals surface area (Å²) in [6.07, 6.45) is 0. The van der Waals surface area contributed by atoms with Gasteiger partial charge in [-0.2, -0.15) is 0 Å². The lowest BCUT2D eigenvalue weighted by molar-refractivity contribution is -0.126. The lowest BCUT2D eigenvalue weighted by atomic mass is 10.0. The van der Waals surface area contributed by atoms with Crippen molar-refractivity contribution in [1.29, 1.82) is 0 Å². The summed E-state index contributed by atoms with van der Waals surface area (Å²) in [7, 11) is 0. The van der Waals surface area contributed by atoms with Crippen molar-refractivity contribution in [2.24, 2.45) is 0 Å². The van der Waals surface area contributed by atoms with Crippen LogP contribution in [0.1, 0.15) is 16.7 Å². The Hall–Kier alpha value is -1.29. The van der Waals surface area contributed by atoms with Crippen molar-refractivity contribution in [2.75, 3.05) is 13.2 Å². The number of benzene rings is 2. The molecule has 2 nitrogen and oxygen atoms in total. The standard InChI is InChI=1S/C16H14O2S/c1-10-2-4-12-13-5-3-11(19)9-15(13)16(14(12)8-10)17-6-7-18-16/h2-5,8-9,19H,6-7H2,1H3. The number of ether oxygens (including phenoxy) is 2. The summed E-state index contributed by atoms with van der Waals surface area (Å²) in [5.41, 5.74) is 5.82. The van der Waals surface area contributed by atoms with Crippen LogP contribution in [-0.2, 0) is 15.3 Å². The Morgan fingerprint density at radius 2 is 1.58 bits per heavy atom. The summed E-state index contributed by atoms with van der Waals surface area (Å²) in [6, 6.07) is 12.6. The molecule has 3 heteroatoms. The first-order valence-electron chi connectivity index (χ1n) is 6.44. The van der Waals surface area contributed by atoms with Crippen molar-refractivity contribution >= 4 is 12.6 Å². The van der Waals surface area contributed by atoms with E-state index in [1.165, 1.54) is 16.7 Å². The van der Waals surface area contributed by atoms with Crippen LogP contribution in [-0.4, -0.2) is 13.2 Å². The molecular weight excluding hydrogens is 256 g/mol. The van der Waals surface area contributed by atoms with E-state index in [9.17, 15) is 0 Å². The fraction of sp³-hybridized carbons (Fsp3) is 0.250. The van der Waals surface area contributed by atoms with Gasteiger partial charge in [0, 0.05) is 16.0 Å². The van der Waals surface area contributed by atoms with Gasteiger partial charge in [0.25, 0.3) is 0 Å². The number of rotatable bonds is 0. The minimum Gasteiger partial charge on any atom is -0.340 e. The second-order valence-corrected chi connectivity index (χ2v) is 5.61. The Morgan fingerprint density at radius 3 is 2.32 bits per heavy atom. The van der Waals surface area contributed by atoms with E-state index < -0.39 is 5.79 Å². The zero-order valence-electron chi connectivity index (χ0n) is 10.6. The van der Waals surface area contributed by atoms with Gasteiger partial charge in [0.05, 0.1) is 13.2 Å². The molecule has 1 fully saturated rings. The molecule has 1 heterocycles. The van der Waals surface area contributed by atoms with Crippen molar-refractivity contribution < 1.29 is 9.47 Å². The van der Waals surface area contributed by atoms with Crippen LogP contribution in [0.4, 0.5) is 0 Å². The van der Waals surface area contributed by atoms with E-state index in [1.54, 1.807) is 0 Å². The fourth-order valence-corrected chi connectivity index (χ4v) is 3.28. The number of aryl methyl sites for hydroxylation is 1. The van der Waals surface area contributed by atoms with Crippen LogP contribution in [0.2, 0.25) is 0 Å². The molecule has 19 heavy (non-hydrogen) atoms.